The summed E-state index contributed by atoms with van der Waals surface area (Å²) in [5.74, 6) is -0.0416. The zero-order chi connectivity index (χ0) is 14.8. The Morgan fingerprint density at radius 1 is 1.33 bits per heavy atom. The summed E-state index contributed by atoms with van der Waals surface area (Å²) in [6.45, 7) is 2.63. The van der Waals surface area contributed by atoms with Crippen molar-refractivity contribution in [1.82, 2.24) is 4.98 Å². The maximum atomic E-state index is 11.1. The molecule has 1 aliphatic carbocycles. The highest BCUT2D eigenvalue weighted by Gasteiger charge is 2.23. The highest BCUT2D eigenvalue weighted by atomic mass is 16.5. The average molecular weight is 283 g/mol. The quantitative estimate of drug-likeness (QED) is 0.911. The first kappa shape index (κ1) is 13.6. The average Bonchev–Trinajstić information content (AvgIpc) is 3.29. The fraction of sp³-hybridized carbons (Fsp3) is 0.294. The van der Waals surface area contributed by atoms with Crippen LogP contribution >= 0.6 is 0 Å². The molecule has 3 rings (SSSR count). The Bertz CT molecular complexity index is 677. The number of benzene rings is 1. The summed E-state index contributed by atoms with van der Waals surface area (Å²) < 4.78 is 5.77. The second-order valence-electron chi connectivity index (χ2n) is 5.48. The number of hydrogen-bond donors (Lipinski definition) is 1. The highest BCUT2D eigenvalue weighted by Crippen LogP contribution is 2.33. The van der Waals surface area contributed by atoms with E-state index in [1.54, 1.807) is 6.07 Å². The molecular weight excluding hydrogens is 266 g/mol. The van der Waals surface area contributed by atoms with Crippen molar-refractivity contribution in [2.45, 2.75) is 19.8 Å². The number of aryl methyl sites for hydroxylation is 1. The van der Waals surface area contributed by atoms with Gasteiger partial charge in [0.15, 0.2) is 5.69 Å². The first-order chi connectivity index (χ1) is 10.1. The molecule has 0 aliphatic heterocycles. The van der Waals surface area contributed by atoms with Gasteiger partial charge in [-0.2, -0.15) is 0 Å². The van der Waals surface area contributed by atoms with Gasteiger partial charge >= 0.3 is 5.97 Å². The van der Waals surface area contributed by atoms with Crippen molar-refractivity contribution in [3.63, 3.8) is 0 Å². The third-order valence-corrected chi connectivity index (χ3v) is 3.56. The maximum absolute atomic E-state index is 11.1. The molecule has 1 heterocycles. The molecule has 0 atom stereocenters. The van der Waals surface area contributed by atoms with E-state index in [1.165, 1.54) is 18.9 Å². The largest absolute Gasteiger partial charge is 0.477 e. The Labute approximate surface area is 123 Å². The molecule has 1 fully saturated rings. The van der Waals surface area contributed by atoms with Crippen LogP contribution in [-0.2, 0) is 0 Å². The number of pyridine rings is 1. The predicted molar refractivity (Wildman–Crippen MR) is 79.6 cm³/mol. The third kappa shape index (κ3) is 3.21. The number of rotatable bonds is 5. The molecule has 2 aromatic rings. The van der Waals surface area contributed by atoms with Gasteiger partial charge in [-0.1, -0.05) is 29.8 Å². The molecule has 1 aliphatic rings. The van der Waals surface area contributed by atoms with E-state index in [1.807, 2.05) is 31.2 Å². The maximum Gasteiger partial charge on any atom is 0.354 e. The van der Waals surface area contributed by atoms with Crippen molar-refractivity contribution >= 4 is 5.97 Å². The molecule has 0 bridgehead atoms. The van der Waals surface area contributed by atoms with Crippen molar-refractivity contribution < 1.29 is 14.6 Å². The van der Waals surface area contributed by atoms with E-state index in [4.69, 9.17) is 9.84 Å². The van der Waals surface area contributed by atoms with Gasteiger partial charge in [-0.25, -0.2) is 9.78 Å². The number of carbonyl (C=O) groups is 1. The molecule has 4 heteroatoms. The van der Waals surface area contributed by atoms with E-state index in [9.17, 15) is 4.79 Å². The summed E-state index contributed by atoms with van der Waals surface area (Å²) in [7, 11) is 0. The molecule has 4 nitrogen and oxygen atoms in total. The zero-order valence-corrected chi connectivity index (χ0v) is 11.9. The van der Waals surface area contributed by atoms with Crippen LogP contribution in [-0.4, -0.2) is 22.7 Å². The van der Waals surface area contributed by atoms with Gasteiger partial charge in [0, 0.05) is 5.56 Å². The number of nitrogens with zero attached hydrogens (tertiary/aromatic N) is 1. The van der Waals surface area contributed by atoms with Crippen LogP contribution in [0.15, 0.2) is 36.4 Å². The third-order valence-electron chi connectivity index (χ3n) is 3.56. The van der Waals surface area contributed by atoms with Gasteiger partial charge in [0.05, 0.1) is 6.61 Å². The van der Waals surface area contributed by atoms with Crippen molar-refractivity contribution in [3.8, 4) is 17.0 Å². The van der Waals surface area contributed by atoms with Crippen molar-refractivity contribution in [3.05, 3.63) is 47.7 Å². The van der Waals surface area contributed by atoms with Gasteiger partial charge in [0.1, 0.15) is 0 Å². The Hall–Kier alpha value is -2.36. The molecule has 1 saturated carbocycles. The molecule has 1 N–H and O–H groups in total. The number of aromatic carboxylic acids is 1. The van der Waals surface area contributed by atoms with Crippen LogP contribution in [0.1, 0.15) is 28.9 Å². The Balaban J connectivity index is 1.98. The Morgan fingerprint density at radius 3 is 2.81 bits per heavy atom. The Morgan fingerprint density at radius 2 is 2.14 bits per heavy atom. The minimum absolute atomic E-state index is 0.0113. The molecule has 21 heavy (non-hydrogen) atoms. The molecule has 0 spiro atoms. The number of hydrogen-bond acceptors (Lipinski definition) is 3. The minimum atomic E-state index is -1.04. The molecule has 108 valence electrons. The van der Waals surface area contributed by atoms with Gasteiger partial charge in [0.2, 0.25) is 5.88 Å². The van der Waals surface area contributed by atoms with E-state index >= 15 is 0 Å². The molecule has 1 aromatic heterocycles. The fourth-order valence-electron chi connectivity index (χ4n) is 2.18. The van der Waals surface area contributed by atoms with E-state index in [2.05, 4.69) is 4.98 Å². The van der Waals surface area contributed by atoms with Crippen LogP contribution in [0.2, 0.25) is 0 Å². The lowest BCUT2D eigenvalue weighted by atomic mass is 10.0. The van der Waals surface area contributed by atoms with Crippen LogP contribution in [0, 0.1) is 12.8 Å². The molecule has 0 amide bonds. The van der Waals surface area contributed by atoms with Gasteiger partial charge in [-0.15, -0.1) is 0 Å². The molecule has 0 unspecified atom stereocenters. The fourth-order valence-corrected chi connectivity index (χ4v) is 2.18. The summed E-state index contributed by atoms with van der Waals surface area (Å²) in [6, 6.07) is 11.3. The zero-order valence-electron chi connectivity index (χ0n) is 11.9. The molecule has 1 aromatic carbocycles. The molecule has 0 saturated heterocycles. The lowest BCUT2D eigenvalue weighted by Gasteiger charge is -2.11. The van der Waals surface area contributed by atoms with Crippen molar-refractivity contribution in [2.75, 3.05) is 6.61 Å². The first-order valence-corrected chi connectivity index (χ1v) is 7.07. The van der Waals surface area contributed by atoms with Crippen LogP contribution in [0.5, 0.6) is 5.88 Å². The topological polar surface area (TPSA) is 59.4 Å². The summed E-state index contributed by atoms with van der Waals surface area (Å²) in [5, 5.41) is 9.09. The Kier molecular flexibility index (Phi) is 3.60. The minimum Gasteiger partial charge on any atom is -0.477 e. The van der Waals surface area contributed by atoms with E-state index in [-0.39, 0.29) is 5.69 Å². The summed E-state index contributed by atoms with van der Waals surface area (Å²) in [5.41, 5.74) is 2.98. The summed E-state index contributed by atoms with van der Waals surface area (Å²) in [6.07, 6.45) is 2.36. The van der Waals surface area contributed by atoms with Gasteiger partial charge in [-0.05, 0) is 43.4 Å². The van der Waals surface area contributed by atoms with Crippen molar-refractivity contribution in [1.29, 1.82) is 0 Å². The SMILES string of the molecule is Cc1cccc(-c2ccc(C(=O)O)nc2OCC2CC2)c1. The lowest BCUT2D eigenvalue weighted by Crippen LogP contribution is -2.06. The normalized spacial score (nSPS) is 14.0. The smallest absolute Gasteiger partial charge is 0.354 e. The van der Waals surface area contributed by atoms with E-state index in [0.29, 0.717) is 18.4 Å². The second kappa shape index (κ2) is 5.56. The van der Waals surface area contributed by atoms with Gasteiger partial charge in [-0.3, -0.25) is 0 Å². The number of carboxylic acid groups (broad SMARTS) is 1. The monoisotopic (exact) mass is 283 g/mol. The van der Waals surface area contributed by atoms with Crippen LogP contribution < -0.4 is 4.74 Å². The molecule has 0 radical (unpaired) electrons. The summed E-state index contributed by atoms with van der Waals surface area (Å²) >= 11 is 0. The number of aromatic nitrogens is 1. The number of carboxylic acids is 1. The number of ether oxygens (including phenoxy) is 1. The van der Waals surface area contributed by atoms with Gasteiger partial charge < -0.3 is 9.84 Å². The van der Waals surface area contributed by atoms with E-state index < -0.39 is 5.97 Å². The summed E-state index contributed by atoms with van der Waals surface area (Å²) in [4.78, 5) is 15.2. The molecular formula is C17H17NO3. The van der Waals surface area contributed by atoms with Crippen LogP contribution in [0.4, 0.5) is 0 Å². The first-order valence-electron chi connectivity index (χ1n) is 7.07. The highest BCUT2D eigenvalue weighted by molar-refractivity contribution is 5.86. The van der Waals surface area contributed by atoms with Crippen LogP contribution in [0.3, 0.4) is 0 Å². The van der Waals surface area contributed by atoms with Crippen molar-refractivity contribution in [2.24, 2.45) is 5.92 Å². The van der Waals surface area contributed by atoms with Gasteiger partial charge in [0.25, 0.3) is 0 Å². The standard InChI is InChI=1S/C17H17NO3/c1-11-3-2-4-13(9-11)14-7-8-15(17(19)20)18-16(14)21-10-12-5-6-12/h2-4,7-9,12H,5-6,10H2,1H3,(H,19,20). The predicted octanol–water partition coefficient (Wildman–Crippen LogP) is 3.54. The second-order valence-corrected chi connectivity index (χ2v) is 5.48. The lowest BCUT2D eigenvalue weighted by molar-refractivity contribution is 0.0689. The van der Waals surface area contributed by atoms with E-state index in [0.717, 1.165) is 16.7 Å². The van der Waals surface area contributed by atoms with Crippen LogP contribution in [0.25, 0.3) is 11.1 Å².